The minimum absolute atomic E-state index is 0.397. The highest BCUT2D eigenvalue weighted by Crippen LogP contribution is 2.69. The second-order valence-corrected chi connectivity index (χ2v) is 7.60. The number of hydrogen-bond donors (Lipinski definition) is 4. The lowest BCUT2D eigenvalue weighted by Crippen LogP contribution is -2.77. The van der Waals surface area contributed by atoms with E-state index in [9.17, 15) is 20.4 Å². The van der Waals surface area contributed by atoms with Crippen LogP contribution < -0.4 is 0 Å². The summed E-state index contributed by atoms with van der Waals surface area (Å²) in [7, 11) is 0. The van der Waals surface area contributed by atoms with E-state index in [-0.39, 0.29) is 0 Å². The van der Waals surface area contributed by atoms with Gasteiger partial charge in [-0.15, -0.1) is 0 Å². The van der Waals surface area contributed by atoms with E-state index in [1.807, 2.05) is 0 Å². The first kappa shape index (κ1) is 23.0. The normalized spacial score (nSPS) is 35.1. The van der Waals surface area contributed by atoms with Gasteiger partial charge < -0.3 is 20.4 Å². The number of phenols is 2. The summed E-state index contributed by atoms with van der Waals surface area (Å²) in [6.07, 6.45) is 0. The van der Waals surface area contributed by atoms with Gasteiger partial charge in [0.25, 0.3) is 11.5 Å². The summed E-state index contributed by atoms with van der Waals surface area (Å²) in [6, 6.07) is 4.87. The van der Waals surface area contributed by atoms with E-state index in [0.29, 0.717) is 36.4 Å². The Labute approximate surface area is 172 Å². The molecule has 0 spiro atoms. The third-order valence-electron chi connectivity index (χ3n) is 5.47. The summed E-state index contributed by atoms with van der Waals surface area (Å²) in [5.41, 5.74) is -14.6. The monoisotopic (exact) mass is 448 g/mol. The van der Waals surface area contributed by atoms with E-state index in [1.165, 1.54) is 0 Å². The molecular weight excluding hydrogens is 430 g/mol. The number of rotatable bonds is 2. The third-order valence-corrected chi connectivity index (χ3v) is 5.47. The van der Waals surface area contributed by atoms with Crippen molar-refractivity contribution in [2.24, 2.45) is 0 Å². The Morgan fingerprint density at radius 3 is 1.45 bits per heavy atom. The third kappa shape index (κ3) is 2.64. The molecular formula is C21H18F6O4. The van der Waals surface area contributed by atoms with Crippen molar-refractivity contribution in [2.45, 2.75) is 42.8 Å². The molecule has 0 heterocycles. The lowest BCUT2D eigenvalue weighted by molar-refractivity contribution is -0.407. The maximum Gasteiger partial charge on any atom is 0.352 e. The average molecular weight is 448 g/mol. The SMILES string of the molecule is CC(C)=C1C(O)(F)C(F)(F)C(F)(c2ccc(O)cc2)C(O)(F)C1(F)c1ccc(O)cc1. The van der Waals surface area contributed by atoms with E-state index < -0.39 is 62.7 Å². The molecule has 0 aliphatic heterocycles. The molecule has 0 saturated heterocycles. The Balaban J connectivity index is 2.49. The van der Waals surface area contributed by atoms with Gasteiger partial charge in [-0.1, -0.05) is 29.8 Å². The van der Waals surface area contributed by atoms with Crippen molar-refractivity contribution in [3.63, 3.8) is 0 Å². The number of benzene rings is 2. The molecule has 2 aromatic carbocycles. The van der Waals surface area contributed by atoms with Gasteiger partial charge in [-0.2, -0.15) is 8.78 Å². The van der Waals surface area contributed by atoms with Crippen LogP contribution in [-0.2, 0) is 11.3 Å². The molecule has 10 heteroatoms. The second kappa shape index (κ2) is 6.64. The van der Waals surface area contributed by atoms with Gasteiger partial charge >= 0.3 is 11.8 Å². The Morgan fingerprint density at radius 1 is 0.677 bits per heavy atom. The van der Waals surface area contributed by atoms with Crippen LogP contribution in [0.3, 0.4) is 0 Å². The first-order valence-corrected chi connectivity index (χ1v) is 8.92. The fourth-order valence-electron chi connectivity index (χ4n) is 3.99. The molecule has 1 aliphatic rings. The van der Waals surface area contributed by atoms with Crippen molar-refractivity contribution in [3.8, 4) is 11.5 Å². The summed E-state index contributed by atoms with van der Waals surface area (Å²) in [5.74, 6) is -17.1. The predicted octanol–water partition coefficient (Wildman–Crippen LogP) is 4.43. The van der Waals surface area contributed by atoms with Gasteiger partial charge in [-0.3, -0.25) is 0 Å². The lowest BCUT2D eigenvalue weighted by atomic mass is 9.60. The van der Waals surface area contributed by atoms with Crippen molar-refractivity contribution in [2.75, 3.05) is 0 Å². The Bertz CT molecular complexity index is 1030. The molecule has 4 atom stereocenters. The zero-order valence-electron chi connectivity index (χ0n) is 16.2. The van der Waals surface area contributed by atoms with Gasteiger partial charge in [-0.25, -0.2) is 17.6 Å². The largest absolute Gasteiger partial charge is 0.508 e. The highest BCUT2D eigenvalue weighted by atomic mass is 19.3. The first-order chi connectivity index (χ1) is 14.1. The molecule has 1 aliphatic carbocycles. The van der Waals surface area contributed by atoms with Crippen LogP contribution in [0, 0.1) is 0 Å². The van der Waals surface area contributed by atoms with Crippen LogP contribution in [0.5, 0.6) is 11.5 Å². The van der Waals surface area contributed by atoms with Crippen LogP contribution in [0.4, 0.5) is 26.3 Å². The zero-order chi connectivity index (χ0) is 23.6. The average Bonchev–Trinajstić information content (AvgIpc) is 2.66. The summed E-state index contributed by atoms with van der Waals surface area (Å²) < 4.78 is 93.9. The molecule has 1 saturated carbocycles. The summed E-state index contributed by atoms with van der Waals surface area (Å²) >= 11 is 0. The smallest absolute Gasteiger partial charge is 0.352 e. The minimum Gasteiger partial charge on any atom is -0.508 e. The number of allylic oxidation sites excluding steroid dienone is 1. The van der Waals surface area contributed by atoms with E-state index in [1.54, 1.807) is 0 Å². The minimum atomic E-state index is -5.74. The van der Waals surface area contributed by atoms with Gasteiger partial charge in [-0.05, 0) is 43.7 Å². The molecule has 4 N–H and O–H groups in total. The number of alkyl halides is 6. The van der Waals surface area contributed by atoms with Crippen molar-refractivity contribution < 1.29 is 46.8 Å². The van der Waals surface area contributed by atoms with Crippen LogP contribution in [0.15, 0.2) is 59.7 Å². The maximum absolute atomic E-state index is 16.4. The Morgan fingerprint density at radius 2 is 1.06 bits per heavy atom. The van der Waals surface area contributed by atoms with Gasteiger partial charge in [0.15, 0.2) is 0 Å². The van der Waals surface area contributed by atoms with Crippen molar-refractivity contribution in [1.82, 2.24) is 0 Å². The van der Waals surface area contributed by atoms with Crippen LogP contribution in [0.25, 0.3) is 0 Å². The standard InChI is InChI=1S/C21H18F6O4/c1-11(2)16-17(22,12-3-7-14(28)8-4-12)21(27,31)18(23,20(25,26)19(16,24)30)13-5-9-15(29)10-6-13/h3-10,28-31H,1-2H3. The van der Waals surface area contributed by atoms with E-state index in [2.05, 4.69) is 0 Å². The van der Waals surface area contributed by atoms with Crippen LogP contribution in [0.2, 0.25) is 0 Å². The second-order valence-electron chi connectivity index (χ2n) is 7.60. The number of hydrogen-bond acceptors (Lipinski definition) is 4. The molecule has 0 amide bonds. The van der Waals surface area contributed by atoms with Gasteiger partial charge in [0.05, 0.1) is 0 Å². The summed E-state index contributed by atoms with van der Waals surface area (Å²) in [4.78, 5) is 0. The molecule has 0 aromatic heterocycles. The summed E-state index contributed by atoms with van der Waals surface area (Å²) in [5, 5.41) is 39.4. The number of halogens is 6. The molecule has 31 heavy (non-hydrogen) atoms. The molecule has 168 valence electrons. The number of aromatic hydroxyl groups is 2. The van der Waals surface area contributed by atoms with Crippen LogP contribution >= 0.6 is 0 Å². The quantitative estimate of drug-likeness (QED) is 0.405. The van der Waals surface area contributed by atoms with Gasteiger partial charge in [0, 0.05) is 11.1 Å². The van der Waals surface area contributed by atoms with E-state index in [0.717, 1.165) is 26.0 Å². The molecule has 2 aromatic rings. The van der Waals surface area contributed by atoms with Crippen LogP contribution in [0.1, 0.15) is 25.0 Å². The van der Waals surface area contributed by atoms with Crippen LogP contribution in [-0.4, -0.2) is 38.1 Å². The van der Waals surface area contributed by atoms with Gasteiger partial charge in [0.1, 0.15) is 11.5 Å². The molecule has 3 rings (SSSR count). The predicted molar refractivity (Wildman–Crippen MR) is 97.2 cm³/mol. The van der Waals surface area contributed by atoms with Gasteiger partial charge in [0.2, 0.25) is 5.67 Å². The zero-order valence-corrected chi connectivity index (χ0v) is 16.2. The Kier molecular flexibility index (Phi) is 4.91. The van der Waals surface area contributed by atoms with E-state index >= 15 is 26.3 Å². The fourth-order valence-corrected chi connectivity index (χ4v) is 3.99. The molecule has 4 nitrogen and oxygen atoms in total. The fraction of sp³-hybridized carbons (Fsp3) is 0.333. The topological polar surface area (TPSA) is 80.9 Å². The Hall–Kier alpha value is -2.72. The number of phenolic OH excluding ortho intramolecular Hbond substituents is 2. The molecule has 4 unspecified atom stereocenters. The molecule has 1 fully saturated rings. The molecule has 0 bridgehead atoms. The van der Waals surface area contributed by atoms with Crippen molar-refractivity contribution in [3.05, 3.63) is 70.8 Å². The summed E-state index contributed by atoms with van der Waals surface area (Å²) in [6.45, 7) is 1.74. The number of aliphatic hydroxyl groups is 2. The maximum atomic E-state index is 16.4. The highest BCUT2D eigenvalue weighted by molar-refractivity contribution is 5.52. The highest BCUT2D eigenvalue weighted by Gasteiger charge is 2.90. The molecule has 0 radical (unpaired) electrons. The lowest BCUT2D eigenvalue weighted by Gasteiger charge is -2.56. The first-order valence-electron chi connectivity index (χ1n) is 8.92. The van der Waals surface area contributed by atoms with Crippen molar-refractivity contribution >= 4 is 0 Å². The van der Waals surface area contributed by atoms with E-state index in [4.69, 9.17) is 0 Å². The van der Waals surface area contributed by atoms with Crippen molar-refractivity contribution in [1.29, 1.82) is 0 Å².